The first-order valence-electron chi connectivity index (χ1n) is 7.65. The summed E-state index contributed by atoms with van der Waals surface area (Å²) in [7, 11) is 0. The highest BCUT2D eigenvalue weighted by Crippen LogP contribution is 2.24. The van der Waals surface area contributed by atoms with Gasteiger partial charge in [0, 0.05) is 31.1 Å². The molecule has 0 aliphatic carbocycles. The van der Waals surface area contributed by atoms with Crippen LogP contribution in [0.3, 0.4) is 0 Å². The highest BCUT2D eigenvalue weighted by Gasteiger charge is 2.32. The molecule has 0 aromatic heterocycles. The van der Waals surface area contributed by atoms with Crippen LogP contribution in [0.25, 0.3) is 0 Å². The van der Waals surface area contributed by atoms with E-state index in [1.165, 1.54) is 6.42 Å². The minimum Gasteiger partial charge on any atom is -0.481 e. The summed E-state index contributed by atoms with van der Waals surface area (Å²) in [6.07, 6.45) is 3.90. The monoisotopic (exact) mass is 284 g/mol. The van der Waals surface area contributed by atoms with Gasteiger partial charge in [0.25, 0.3) is 0 Å². The molecule has 1 aliphatic heterocycles. The summed E-state index contributed by atoms with van der Waals surface area (Å²) in [5.41, 5.74) is 0. The highest BCUT2D eigenvalue weighted by molar-refractivity contribution is 5.75. The van der Waals surface area contributed by atoms with Crippen molar-refractivity contribution in [2.24, 2.45) is 0 Å². The first kappa shape index (κ1) is 16.8. The van der Waals surface area contributed by atoms with Crippen molar-refractivity contribution >= 4 is 12.0 Å². The summed E-state index contributed by atoms with van der Waals surface area (Å²) in [5, 5.41) is 8.72. The summed E-state index contributed by atoms with van der Waals surface area (Å²) in [6, 6.07) is 0.696. The number of carbonyl (C=O) groups is 2. The van der Waals surface area contributed by atoms with E-state index in [0.29, 0.717) is 13.0 Å². The van der Waals surface area contributed by atoms with Crippen molar-refractivity contribution in [1.29, 1.82) is 0 Å². The molecule has 0 radical (unpaired) electrons. The number of rotatable bonds is 5. The molecule has 5 nitrogen and oxygen atoms in total. The normalized spacial score (nSPS) is 22.9. The standard InChI is InChI=1S/C15H28N2O3/c1-11(2)16(10-6-9-14(18)19)15(20)17-12(3)7-5-8-13(17)4/h11-13H,5-10H2,1-4H3,(H,18,19)/t12-,13+. The highest BCUT2D eigenvalue weighted by atomic mass is 16.4. The number of likely N-dealkylation sites (tertiary alicyclic amines) is 1. The lowest BCUT2D eigenvalue weighted by atomic mass is 9.98. The van der Waals surface area contributed by atoms with Gasteiger partial charge in [-0.05, 0) is 53.4 Å². The van der Waals surface area contributed by atoms with Gasteiger partial charge >= 0.3 is 12.0 Å². The van der Waals surface area contributed by atoms with E-state index in [0.717, 1.165) is 12.8 Å². The zero-order chi connectivity index (χ0) is 15.3. The molecule has 0 aromatic rings. The van der Waals surface area contributed by atoms with E-state index in [2.05, 4.69) is 13.8 Å². The number of urea groups is 1. The quantitative estimate of drug-likeness (QED) is 0.844. The van der Waals surface area contributed by atoms with Crippen LogP contribution in [0.4, 0.5) is 4.79 Å². The van der Waals surface area contributed by atoms with Crippen LogP contribution in [-0.4, -0.2) is 51.6 Å². The van der Waals surface area contributed by atoms with Gasteiger partial charge in [0.15, 0.2) is 0 Å². The third-order valence-corrected chi connectivity index (χ3v) is 4.07. The number of amides is 2. The van der Waals surface area contributed by atoms with E-state index in [4.69, 9.17) is 5.11 Å². The maximum Gasteiger partial charge on any atom is 0.320 e. The second-order valence-electron chi connectivity index (χ2n) is 6.10. The molecule has 5 heteroatoms. The largest absolute Gasteiger partial charge is 0.481 e. The SMILES string of the molecule is CC(C)N(CCCC(=O)O)C(=O)N1[C@H](C)CCC[C@@H]1C. The Labute approximate surface area is 121 Å². The van der Waals surface area contributed by atoms with Crippen molar-refractivity contribution in [3.63, 3.8) is 0 Å². The molecule has 1 N–H and O–H groups in total. The molecule has 1 heterocycles. The fourth-order valence-corrected chi connectivity index (χ4v) is 2.92. The molecule has 1 fully saturated rings. The van der Waals surface area contributed by atoms with Crippen LogP contribution in [0.2, 0.25) is 0 Å². The molecule has 2 atom stereocenters. The number of aliphatic carboxylic acids is 1. The summed E-state index contributed by atoms with van der Waals surface area (Å²) in [4.78, 5) is 27.1. The summed E-state index contributed by atoms with van der Waals surface area (Å²) < 4.78 is 0. The lowest BCUT2D eigenvalue weighted by Gasteiger charge is -2.43. The third-order valence-electron chi connectivity index (χ3n) is 4.07. The van der Waals surface area contributed by atoms with Gasteiger partial charge in [-0.15, -0.1) is 0 Å². The Kier molecular flexibility index (Phi) is 6.30. The van der Waals surface area contributed by atoms with E-state index in [-0.39, 0.29) is 30.6 Å². The fourth-order valence-electron chi connectivity index (χ4n) is 2.92. The van der Waals surface area contributed by atoms with Gasteiger partial charge in [-0.3, -0.25) is 4.79 Å². The molecule has 0 saturated carbocycles. The number of piperidine rings is 1. The Hall–Kier alpha value is -1.26. The predicted octanol–water partition coefficient (Wildman–Crippen LogP) is 2.94. The van der Waals surface area contributed by atoms with Crippen LogP contribution in [0.15, 0.2) is 0 Å². The molecule has 0 bridgehead atoms. The third kappa shape index (κ3) is 4.39. The van der Waals surface area contributed by atoms with Crippen molar-refractivity contribution in [3.05, 3.63) is 0 Å². The van der Waals surface area contributed by atoms with E-state index in [9.17, 15) is 9.59 Å². The van der Waals surface area contributed by atoms with Gasteiger partial charge in [-0.2, -0.15) is 0 Å². The van der Waals surface area contributed by atoms with Gasteiger partial charge in [0.2, 0.25) is 0 Å². The average Bonchev–Trinajstić information content (AvgIpc) is 2.33. The molecule has 1 aliphatic rings. The maximum atomic E-state index is 12.7. The second kappa shape index (κ2) is 7.50. The Morgan fingerprint density at radius 3 is 2.25 bits per heavy atom. The summed E-state index contributed by atoms with van der Waals surface area (Å²) >= 11 is 0. The number of carbonyl (C=O) groups excluding carboxylic acids is 1. The zero-order valence-electron chi connectivity index (χ0n) is 13.1. The topological polar surface area (TPSA) is 60.9 Å². The average molecular weight is 284 g/mol. The number of nitrogens with zero attached hydrogens (tertiary/aromatic N) is 2. The molecule has 2 amide bonds. The number of carboxylic acid groups (broad SMARTS) is 1. The van der Waals surface area contributed by atoms with Gasteiger partial charge in [0.05, 0.1) is 0 Å². The van der Waals surface area contributed by atoms with Crippen LogP contribution >= 0.6 is 0 Å². The van der Waals surface area contributed by atoms with Gasteiger partial charge in [0.1, 0.15) is 0 Å². The number of hydrogen-bond donors (Lipinski definition) is 1. The van der Waals surface area contributed by atoms with Crippen molar-refractivity contribution < 1.29 is 14.7 Å². The zero-order valence-corrected chi connectivity index (χ0v) is 13.1. The predicted molar refractivity (Wildman–Crippen MR) is 78.7 cm³/mol. The Morgan fingerprint density at radius 2 is 1.80 bits per heavy atom. The van der Waals surface area contributed by atoms with E-state index >= 15 is 0 Å². The van der Waals surface area contributed by atoms with Crippen molar-refractivity contribution in [3.8, 4) is 0 Å². The van der Waals surface area contributed by atoms with Crippen LogP contribution in [0.1, 0.15) is 59.8 Å². The van der Waals surface area contributed by atoms with Gasteiger partial charge in [-0.1, -0.05) is 0 Å². The lowest BCUT2D eigenvalue weighted by Crippen LogP contribution is -2.55. The van der Waals surface area contributed by atoms with Crippen LogP contribution in [-0.2, 0) is 4.79 Å². The van der Waals surface area contributed by atoms with Crippen LogP contribution in [0.5, 0.6) is 0 Å². The number of hydrogen-bond acceptors (Lipinski definition) is 2. The van der Waals surface area contributed by atoms with Crippen molar-refractivity contribution in [2.75, 3.05) is 6.54 Å². The molecule has 1 rings (SSSR count). The number of carboxylic acids is 1. The Bertz CT molecular complexity index is 334. The van der Waals surface area contributed by atoms with Gasteiger partial charge in [-0.25, -0.2) is 4.79 Å². The first-order chi connectivity index (χ1) is 9.34. The van der Waals surface area contributed by atoms with Crippen molar-refractivity contribution in [2.45, 2.75) is 77.9 Å². The van der Waals surface area contributed by atoms with E-state index < -0.39 is 5.97 Å². The molecule has 0 aromatic carbocycles. The first-order valence-corrected chi connectivity index (χ1v) is 7.65. The molecule has 20 heavy (non-hydrogen) atoms. The Balaban J connectivity index is 2.69. The summed E-state index contributed by atoms with van der Waals surface area (Å²) in [6.45, 7) is 8.68. The molecular formula is C15H28N2O3. The minimum absolute atomic E-state index is 0.0603. The fraction of sp³-hybridized carbons (Fsp3) is 0.867. The summed E-state index contributed by atoms with van der Waals surface area (Å²) in [5.74, 6) is -0.805. The minimum atomic E-state index is -0.805. The molecule has 116 valence electrons. The van der Waals surface area contributed by atoms with E-state index in [1.54, 1.807) is 4.90 Å². The van der Waals surface area contributed by atoms with Gasteiger partial charge < -0.3 is 14.9 Å². The van der Waals surface area contributed by atoms with E-state index in [1.807, 2.05) is 18.7 Å². The molecule has 0 spiro atoms. The second-order valence-corrected chi connectivity index (χ2v) is 6.10. The van der Waals surface area contributed by atoms with Crippen LogP contribution < -0.4 is 0 Å². The van der Waals surface area contributed by atoms with Crippen molar-refractivity contribution in [1.82, 2.24) is 9.80 Å². The molecule has 0 unspecified atom stereocenters. The Morgan fingerprint density at radius 1 is 1.25 bits per heavy atom. The molecular weight excluding hydrogens is 256 g/mol. The molecule has 1 saturated heterocycles. The smallest absolute Gasteiger partial charge is 0.320 e. The lowest BCUT2D eigenvalue weighted by molar-refractivity contribution is -0.137. The maximum absolute atomic E-state index is 12.7. The van der Waals surface area contributed by atoms with Crippen LogP contribution in [0, 0.1) is 0 Å².